The van der Waals surface area contributed by atoms with Gasteiger partial charge in [-0.2, -0.15) is 0 Å². The van der Waals surface area contributed by atoms with Gasteiger partial charge in [-0.15, -0.1) is 0 Å². The molecule has 0 bridgehead atoms. The summed E-state index contributed by atoms with van der Waals surface area (Å²) in [6, 6.07) is 9.23. The minimum Gasteiger partial charge on any atom is -0.465 e. The van der Waals surface area contributed by atoms with Crippen molar-refractivity contribution in [2.75, 3.05) is 26.2 Å². The van der Waals surface area contributed by atoms with E-state index in [4.69, 9.17) is 14.2 Å². The Morgan fingerprint density at radius 2 is 1.72 bits per heavy atom. The Balaban J connectivity index is 2.32. The molecular formula is C23H37N3O6. The van der Waals surface area contributed by atoms with E-state index < -0.39 is 17.8 Å². The Bertz CT molecular complexity index is 691. The van der Waals surface area contributed by atoms with Crippen molar-refractivity contribution in [2.45, 2.75) is 65.2 Å². The van der Waals surface area contributed by atoms with Crippen LogP contribution in [0.4, 0.5) is 9.59 Å². The van der Waals surface area contributed by atoms with E-state index in [-0.39, 0.29) is 25.2 Å². The summed E-state index contributed by atoms with van der Waals surface area (Å²) >= 11 is 0. The van der Waals surface area contributed by atoms with Crippen LogP contribution in [0.15, 0.2) is 30.3 Å². The average molecular weight is 452 g/mol. The van der Waals surface area contributed by atoms with Gasteiger partial charge < -0.3 is 30.2 Å². The first-order valence-electron chi connectivity index (χ1n) is 11.0. The maximum Gasteiger partial charge on any atom is 0.407 e. The lowest BCUT2D eigenvalue weighted by Gasteiger charge is -2.24. The SMILES string of the molecule is CCOC(=O)CNC[C@H](CCCCNC(=O)OCc1ccccc1)NC(=O)OC(C)(C)C. The van der Waals surface area contributed by atoms with E-state index >= 15 is 0 Å². The molecule has 1 aromatic rings. The predicted molar refractivity (Wildman–Crippen MR) is 121 cm³/mol. The largest absolute Gasteiger partial charge is 0.465 e. The highest BCUT2D eigenvalue weighted by Gasteiger charge is 2.19. The number of carbonyl (C=O) groups is 3. The summed E-state index contributed by atoms with van der Waals surface area (Å²) in [6.45, 7) is 8.59. The molecule has 1 atom stereocenters. The molecule has 180 valence electrons. The zero-order chi connectivity index (χ0) is 23.8. The number of nitrogens with one attached hydrogen (secondary N) is 3. The van der Waals surface area contributed by atoms with Crippen LogP contribution in [-0.4, -0.2) is 56.0 Å². The number of unbranched alkanes of at least 4 members (excludes halogenated alkanes) is 1. The lowest BCUT2D eigenvalue weighted by Crippen LogP contribution is -2.45. The summed E-state index contributed by atoms with van der Waals surface area (Å²) in [4.78, 5) is 35.4. The fraction of sp³-hybridized carbons (Fsp3) is 0.609. The number of esters is 1. The molecule has 9 nitrogen and oxygen atoms in total. The molecule has 0 saturated heterocycles. The highest BCUT2D eigenvalue weighted by Crippen LogP contribution is 2.08. The van der Waals surface area contributed by atoms with Gasteiger partial charge in [0.15, 0.2) is 0 Å². The van der Waals surface area contributed by atoms with Gasteiger partial charge in [-0.3, -0.25) is 4.79 Å². The van der Waals surface area contributed by atoms with Gasteiger partial charge in [0.25, 0.3) is 0 Å². The second-order valence-corrected chi connectivity index (χ2v) is 8.26. The van der Waals surface area contributed by atoms with E-state index in [1.165, 1.54) is 0 Å². The zero-order valence-electron chi connectivity index (χ0n) is 19.6. The maximum atomic E-state index is 12.1. The van der Waals surface area contributed by atoms with E-state index in [1.807, 2.05) is 30.3 Å². The maximum absolute atomic E-state index is 12.1. The second-order valence-electron chi connectivity index (χ2n) is 8.26. The van der Waals surface area contributed by atoms with Gasteiger partial charge in [0.2, 0.25) is 0 Å². The second kappa shape index (κ2) is 15.1. The van der Waals surface area contributed by atoms with Gasteiger partial charge in [-0.1, -0.05) is 30.3 Å². The molecule has 0 aliphatic heterocycles. The monoisotopic (exact) mass is 451 g/mol. The number of hydrogen-bond donors (Lipinski definition) is 3. The number of hydrogen-bond acceptors (Lipinski definition) is 7. The van der Waals surface area contributed by atoms with Gasteiger partial charge in [0.1, 0.15) is 12.2 Å². The van der Waals surface area contributed by atoms with Crippen LogP contribution < -0.4 is 16.0 Å². The van der Waals surface area contributed by atoms with Crippen molar-refractivity contribution in [1.29, 1.82) is 0 Å². The van der Waals surface area contributed by atoms with E-state index in [9.17, 15) is 14.4 Å². The highest BCUT2D eigenvalue weighted by molar-refractivity contribution is 5.71. The fourth-order valence-electron chi connectivity index (χ4n) is 2.74. The van der Waals surface area contributed by atoms with Gasteiger partial charge in [-0.05, 0) is 52.5 Å². The first kappa shape index (κ1) is 27.2. The Morgan fingerprint density at radius 3 is 2.38 bits per heavy atom. The first-order valence-corrected chi connectivity index (χ1v) is 11.0. The Morgan fingerprint density at radius 1 is 1.00 bits per heavy atom. The Labute approximate surface area is 190 Å². The van der Waals surface area contributed by atoms with Gasteiger partial charge >= 0.3 is 18.2 Å². The van der Waals surface area contributed by atoms with Crippen LogP contribution in [0.25, 0.3) is 0 Å². The minimum atomic E-state index is -0.600. The van der Waals surface area contributed by atoms with Gasteiger partial charge in [0, 0.05) is 19.1 Å². The van der Waals surface area contributed by atoms with Gasteiger partial charge in [-0.25, -0.2) is 9.59 Å². The smallest absolute Gasteiger partial charge is 0.407 e. The van der Waals surface area contributed by atoms with Crippen LogP contribution >= 0.6 is 0 Å². The van der Waals surface area contributed by atoms with Crippen LogP contribution in [0.3, 0.4) is 0 Å². The first-order chi connectivity index (χ1) is 15.2. The third kappa shape index (κ3) is 14.2. The van der Waals surface area contributed by atoms with Crippen LogP contribution in [0.1, 0.15) is 52.5 Å². The van der Waals surface area contributed by atoms with E-state index in [0.717, 1.165) is 12.0 Å². The number of ether oxygens (including phenoxy) is 3. The standard InChI is InChI=1S/C23H37N3O6/c1-5-30-20(27)16-24-15-19(26-22(29)32-23(2,3)4)13-9-10-14-25-21(28)31-17-18-11-7-6-8-12-18/h6-8,11-12,19,24H,5,9-10,13-17H2,1-4H3,(H,25,28)(H,26,29)/t19-/m0/s1. The topological polar surface area (TPSA) is 115 Å². The Hall–Kier alpha value is -2.81. The quantitative estimate of drug-likeness (QED) is 0.240. The number of benzene rings is 1. The number of rotatable bonds is 13. The summed E-state index contributed by atoms with van der Waals surface area (Å²) in [5.74, 6) is -0.346. The molecule has 32 heavy (non-hydrogen) atoms. The molecule has 0 heterocycles. The Kier molecular flexibility index (Phi) is 12.8. The molecule has 0 fully saturated rings. The number of alkyl carbamates (subject to hydrolysis) is 2. The zero-order valence-corrected chi connectivity index (χ0v) is 19.6. The van der Waals surface area contributed by atoms with Crippen molar-refractivity contribution < 1.29 is 28.6 Å². The molecule has 1 aromatic carbocycles. The molecule has 3 N–H and O–H groups in total. The third-order valence-corrected chi connectivity index (χ3v) is 4.15. The van der Waals surface area contributed by atoms with Crippen molar-refractivity contribution in [2.24, 2.45) is 0 Å². The molecule has 0 radical (unpaired) electrons. The number of carbonyl (C=O) groups excluding carboxylic acids is 3. The highest BCUT2D eigenvalue weighted by atomic mass is 16.6. The molecule has 0 aromatic heterocycles. The van der Waals surface area contributed by atoms with Crippen molar-refractivity contribution >= 4 is 18.2 Å². The van der Waals surface area contributed by atoms with Crippen molar-refractivity contribution in [1.82, 2.24) is 16.0 Å². The number of amides is 2. The van der Waals surface area contributed by atoms with Crippen molar-refractivity contribution in [3.63, 3.8) is 0 Å². The molecule has 2 amide bonds. The van der Waals surface area contributed by atoms with Crippen LogP contribution in [-0.2, 0) is 25.6 Å². The summed E-state index contributed by atoms with van der Waals surface area (Å²) in [5, 5.41) is 8.55. The van der Waals surface area contributed by atoms with E-state index in [0.29, 0.717) is 32.5 Å². The van der Waals surface area contributed by atoms with Crippen LogP contribution in [0.2, 0.25) is 0 Å². The molecule has 0 aliphatic rings. The van der Waals surface area contributed by atoms with Crippen molar-refractivity contribution in [3.8, 4) is 0 Å². The third-order valence-electron chi connectivity index (χ3n) is 4.15. The summed E-state index contributed by atoms with van der Waals surface area (Å²) in [6.07, 6.45) is 1.14. The lowest BCUT2D eigenvalue weighted by atomic mass is 10.1. The minimum absolute atomic E-state index is 0.0646. The lowest BCUT2D eigenvalue weighted by molar-refractivity contribution is -0.142. The summed E-state index contributed by atoms with van der Waals surface area (Å²) in [7, 11) is 0. The van der Waals surface area contributed by atoms with Gasteiger partial charge in [0.05, 0.1) is 13.2 Å². The normalized spacial score (nSPS) is 11.9. The molecule has 0 saturated carbocycles. The summed E-state index contributed by atoms with van der Waals surface area (Å²) in [5.41, 5.74) is 0.325. The van der Waals surface area contributed by atoms with Crippen LogP contribution in [0, 0.1) is 0 Å². The predicted octanol–water partition coefficient (Wildman–Crippen LogP) is 3.13. The van der Waals surface area contributed by atoms with E-state index in [2.05, 4.69) is 16.0 Å². The molecule has 0 spiro atoms. The average Bonchev–Trinajstić information content (AvgIpc) is 2.71. The molecular weight excluding hydrogens is 414 g/mol. The molecule has 9 heteroatoms. The molecule has 1 rings (SSSR count). The van der Waals surface area contributed by atoms with Crippen molar-refractivity contribution in [3.05, 3.63) is 35.9 Å². The van der Waals surface area contributed by atoms with Crippen LogP contribution in [0.5, 0.6) is 0 Å². The van der Waals surface area contributed by atoms with E-state index in [1.54, 1.807) is 27.7 Å². The fourth-order valence-corrected chi connectivity index (χ4v) is 2.74. The summed E-state index contributed by atoms with van der Waals surface area (Å²) < 4.78 is 15.4. The molecule has 0 aliphatic carbocycles. The molecule has 0 unspecified atom stereocenters.